The van der Waals surface area contributed by atoms with Gasteiger partial charge in [-0.15, -0.1) is 0 Å². The van der Waals surface area contributed by atoms with Gasteiger partial charge in [0.1, 0.15) is 5.75 Å². The lowest BCUT2D eigenvalue weighted by Gasteiger charge is -2.24. The van der Waals surface area contributed by atoms with Gasteiger partial charge in [0.2, 0.25) is 0 Å². The lowest BCUT2D eigenvalue weighted by molar-refractivity contribution is -0.149. The molecular formula is C21H23NO4. The van der Waals surface area contributed by atoms with Crippen LogP contribution >= 0.6 is 0 Å². The summed E-state index contributed by atoms with van der Waals surface area (Å²) in [6.07, 6.45) is 2.07. The summed E-state index contributed by atoms with van der Waals surface area (Å²) in [4.78, 5) is 26.2. The molecule has 0 fully saturated rings. The number of nitrogens with zero attached hydrogens (tertiary/aromatic N) is 1. The smallest absolute Gasteiger partial charge is 0.331 e. The van der Waals surface area contributed by atoms with Gasteiger partial charge in [-0.3, -0.25) is 4.79 Å². The highest BCUT2D eigenvalue weighted by molar-refractivity contribution is 5.98. The van der Waals surface area contributed by atoms with Crippen LogP contribution in [0.1, 0.15) is 19.4 Å². The molecule has 2 rings (SSSR count). The van der Waals surface area contributed by atoms with E-state index in [9.17, 15) is 9.59 Å². The molecule has 0 N–H and O–H groups in total. The Labute approximate surface area is 153 Å². The summed E-state index contributed by atoms with van der Waals surface area (Å²) in [5.41, 5.74) is 1.61. The Kier molecular flexibility index (Phi) is 6.97. The van der Waals surface area contributed by atoms with E-state index in [2.05, 4.69) is 0 Å². The molecule has 0 heterocycles. The number of methoxy groups -OCH3 is 1. The topological polar surface area (TPSA) is 55.8 Å². The van der Waals surface area contributed by atoms with Gasteiger partial charge in [-0.2, -0.15) is 0 Å². The molecule has 136 valence electrons. The quantitative estimate of drug-likeness (QED) is 0.563. The number of hydrogen-bond acceptors (Lipinski definition) is 4. The number of esters is 1. The van der Waals surface area contributed by atoms with Crippen molar-refractivity contribution in [3.63, 3.8) is 0 Å². The Morgan fingerprint density at radius 2 is 1.73 bits per heavy atom. The number of carbonyl (C=O) groups is 2. The molecule has 0 saturated carbocycles. The maximum Gasteiger partial charge on any atom is 0.331 e. The molecule has 1 amide bonds. The third-order valence-electron chi connectivity index (χ3n) is 3.82. The largest absolute Gasteiger partial charge is 0.497 e. The molecule has 2 aromatic rings. The van der Waals surface area contributed by atoms with Crippen LogP contribution in [0.3, 0.4) is 0 Å². The highest BCUT2D eigenvalue weighted by atomic mass is 16.5. The minimum atomic E-state index is -0.872. The van der Waals surface area contributed by atoms with Crippen LogP contribution in [-0.4, -0.2) is 31.6 Å². The van der Waals surface area contributed by atoms with Gasteiger partial charge in [-0.05, 0) is 49.8 Å². The van der Waals surface area contributed by atoms with Gasteiger partial charge in [0, 0.05) is 18.3 Å². The van der Waals surface area contributed by atoms with Crippen LogP contribution in [0.2, 0.25) is 0 Å². The normalized spacial score (nSPS) is 11.8. The van der Waals surface area contributed by atoms with E-state index in [1.807, 2.05) is 49.4 Å². The predicted molar refractivity (Wildman–Crippen MR) is 102 cm³/mol. The van der Waals surface area contributed by atoms with Crippen molar-refractivity contribution in [1.82, 2.24) is 0 Å². The minimum Gasteiger partial charge on any atom is -0.497 e. The Hall–Kier alpha value is -3.08. The van der Waals surface area contributed by atoms with Gasteiger partial charge >= 0.3 is 5.97 Å². The second kappa shape index (κ2) is 9.42. The van der Waals surface area contributed by atoms with Crippen LogP contribution in [0.4, 0.5) is 5.69 Å². The molecule has 0 saturated heterocycles. The summed E-state index contributed by atoms with van der Waals surface area (Å²) in [5, 5.41) is 0. The Morgan fingerprint density at radius 3 is 2.31 bits per heavy atom. The molecule has 0 bridgehead atoms. The number of hydrogen-bond donors (Lipinski definition) is 0. The monoisotopic (exact) mass is 353 g/mol. The van der Waals surface area contributed by atoms with E-state index >= 15 is 0 Å². The third kappa shape index (κ3) is 5.21. The average Bonchev–Trinajstić information content (AvgIpc) is 2.68. The zero-order chi connectivity index (χ0) is 18.9. The van der Waals surface area contributed by atoms with Gasteiger partial charge < -0.3 is 14.4 Å². The maximum atomic E-state index is 12.6. The first-order valence-corrected chi connectivity index (χ1v) is 8.44. The van der Waals surface area contributed by atoms with Gasteiger partial charge in [0.15, 0.2) is 6.10 Å². The summed E-state index contributed by atoms with van der Waals surface area (Å²) >= 11 is 0. The molecule has 0 aliphatic rings. The van der Waals surface area contributed by atoms with Gasteiger partial charge in [-0.25, -0.2) is 4.79 Å². The lowest BCUT2D eigenvalue weighted by Crippen LogP contribution is -2.39. The molecule has 5 nitrogen and oxygen atoms in total. The second-order valence-corrected chi connectivity index (χ2v) is 5.60. The minimum absolute atomic E-state index is 0.259. The van der Waals surface area contributed by atoms with Crippen LogP contribution in [0.25, 0.3) is 6.08 Å². The zero-order valence-electron chi connectivity index (χ0n) is 15.2. The molecule has 0 unspecified atom stereocenters. The molecule has 0 radical (unpaired) electrons. The van der Waals surface area contributed by atoms with E-state index in [0.717, 1.165) is 17.0 Å². The number of rotatable bonds is 7. The van der Waals surface area contributed by atoms with Crippen LogP contribution < -0.4 is 9.64 Å². The van der Waals surface area contributed by atoms with Gasteiger partial charge in [-0.1, -0.05) is 30.3 Å². The van der Waals surface area contributed by atoms with E-state index in [4.69, 9.17) is 9.47 Å². The van der Waals surface area contributed by atoms with Crippen LogP contribution in [0.5, 0.6) is 5.75 Å². The molecule has 2 aromatic carbocycles. The average molecular weight is 353 g/mol. The predicted octanol–water partition coefficient (Wildman–Crippen LogP) is 3.69. The second-order valence-electron chi connectivity index (χ2n) is 5.60. The first-order chi connectivity index (χ1) is 12.5. The lowest BCUT2D eigenvalue weighted by atomic mass is 10.2. The number of para-hydroxylation sites is 1. The summed E-state index contributed by atoms with van der Waals surface area (Å²) in [6, 6.07) is 16.6. The molecule has 26 heavy (non-hydrogen) atoms. The first-order valence-electron chi connectivity index (χ1n) is 8.44. The van der Waals surface area contributed by atoms with Crippen molar-refractivity contribution in [2.75, 3.05) is 18.6 Å². The fourth-order valence-electron chi connectivity index (χ4n) is 2.44. The summed E-state index contributed by atoms with van der Waals surface area (Å²) in [6.45, 7) is 3.95. The van der Waals surface area contributed by atoms with Crippen LogP contribution in [0.15, 0.2) is 60.7 Å². The highest BCUT2D eigenvalue weighted by Gasteiger charge is 2.23. The van der Waals surface area contributed by atoms with Crippen molar-refractivity contribution in [2.24, 2.45) is 0 Å². The van der Waals surface area contributed by atoms with Crippen molar-refractivity contribution in [3.8, 4) is 5.75 Å². The van der Waals surface area contributed by atoms with Crippen molar-refractivity contribution in [1.29, 1.82) is 0 Å². The van der Waals surface area contributed by atoms with Crippen molar-refractivity contribution in [2.45, 2.75) is 20.0 Å². The van der Waals surface area contributed by atoms with E-state index < -0.39 is 12.1 Å². The zero-order valence-corrected chi connectivity index (χ0v) is 15.2. The summed E-state index contributed by atoms with van der Waals surface area (Å²) < 4.78 is 10.3. The molecule has 0 aliphatic heterocycles. The van der Waals surface area contributed by atoms with E-state index in [1.165, 1.54) is 6.08 Å². The molecule has 0 spiro atoms. The Morgan fingerprint density at radius 1 is 1.08 bits per heavy atom. The van der Waals surface area contributed by atoms with Crippen molar-refractivity contribution in [3.05, 3.63) is 66.2 Å². The number of amides is 1. The van der Waals surface area contributed by atoms with Gasteiger partial charge in [0.25, 0.3) is 5.91 Å². The fraction of sp³-hybridized carbons (Fsp3) is 0.238. The number of benzene rings is 2. The molecule has 0 aliphatic carbocycles. The number of ether oxygens (including phenoxy) is 2. The Bertz CT molecular complexity index is 753. The molecular weight excluding hydrogens is 330 g/mol. The summed E-state index contributed by atoms with van der Waals surface area (Å²) in [7, 11) is 1.59. The number of anilines is 1. The van der Waals surface area contributed by atoms with Crippen molar-refractivity contribution < 1.29 is 19.1 Å². The molecule has 1 atom stereocenters. The maximum absolute atomic E-state index is 12.6. The number of likely N-dealkylation sites (N-methyl/N-ethyl adjacent to an activating group) is 1. The van der Waals surface area contributed by atoms with Crippen LogP contribution in [0, 0.1) is 0 Å². The summed E-state index contributed by atoms with van der Waals surface area (Å²) in [5.74, 6) is -0.0832. The Balaban J connectivity index is 1.96. The SMILES string of the molecule is CCN(C(=O)[C@@H](C)OC(=O)/C=C/c1ccc(OC)cc1)c1ccccc1. The third-order valence-corrected chi connectivity index (χ3v) is 3.82. The van der Waals surface area contributed by atoms with E-state index in [-0.39, 0.29) is 5.91 Å². The van der Waals surface area contributed by atoms with Crippen molar-refractivity contribution >= 4 is 23.6 Å². The van der Waals surface area contributed by atoms with E-state index in [1.54, 1.807) is 37.1 Å². The molecule has 0 aromatic heterocycles. The van der Waals surface area contributed by atoms with E-state index in [0.29, 0.717) is 6.54 Å². The van der Waals surface area contributed by atoms with Crippen LogP contribution in [-0.2, 0) is 14.3 Å². The number of carbonyl (C=O) groups excluding carboxylic acids is 2. The first kappa shape index (κ1) is 19.2. The highest BCUT2D eigenvalue weighted by Crippen LogP contribution is 2.15. The standard InChI is InChI=1S/C21H23NO4/c1-4-22(18-8-6-5-7-9-18)21(24)16(2)26-20(23)15-12-17-10-13-19(25-3)14-11-17/h5-16H,4H2,1-3H3/b15-12+/t16-/m1/s1. The molecule has 5 heteroatoms. The van der Waals surface area contributed by atoms with Gasteiger partial charge in [0.05, 0.1) is 7.11 Å². The fourth-order valence-corrected chi connectivity index (χ4v) is 2.44.